The van der Waals surface area contributed by atoms with E-state index in [9.17, 15) is 19.5 Å². The van der Waals surface area contributed by atoms with Gasteiger partial charge in [0.05, 0.1) is 30.2 Å². The van der Waals surface area contributed by atoms with Crippen molar-refractivity contribution in [2.24, 2.45) is 0 Å². The van der Waals surface area contributed by atoms with Crippen molar-refractivity contribution in [1.29, 1.82) is 0 Å². The molecule has 3 atom stereocenters. The maximum atomic E-state index is 12.6. The molecule has 0 aromatic heterocycles. The molecule has 0 spiro atoms. The lowest BCUT2D eigenvalue weighted by molar-refractivity contribution is -0.245. The van der Waals surface area contributed by atoms with Gasteiger partial charge in [0.2, 0.25) is 17.7 Å². The minimum absolute atomic E-state index is 0.0155. The van der Waals surface area contributed by atoms with Gasteiger partial charge in [0.1, 0.15) is 0 Å². The van der Waals surface area contributed by atoms with Crippen molar-refractivity contribution in [2.75, 3.05) is 22.1 Å². The lowest BCUT2D eigenvalue weighted by Crippen LogP contribution is -2.31. The topological polar surface area (TPSA) is 152 Å². The van der Waals surface area contributed by atoms with Crippen LogP contribution in [0.3, 0.4) is 0 Å². The third kappa shape index (κ3) is 12.5. The highest BCUT2D eigenvalue weighted by atomic mass is 32.2. The molecule has 1 aliphatic heterocycles. The number of aliphatic hydroxyl groups excluding tert-OH is 1. The number of thioether (sulfide) groups is 1. The molecule has 1 aliphatic rings. The zero-order valence-corrected chi connectivity index (χ0v) is 32.9. The van der Waals surface area contributed by atoms with E-state index in [4.69, 9.17) is 15.2 Å². The molecule has 5 aromatic rings. The first-order valence-electron chi connectivity index (χ1n) is 19.3. The number of hydrogen-bond acceptors (Lipinski definition) is 8. The van der Waals surface area contributed by atoms with Crippen molar-refractivity contribution < 1.29 is 29.0 Å². The van der Waals surface area contributed by atoms with Gasteiger partial charge in [-0.3, -0.25) is 14.4 Å². The first kappa shape index (κ1) is 41.2. The molecule has 0 saturated carbocycles. The number of nitrogens with one attached hydrogen (secondary N) is 3. The monoisotopic (exact) mass is 786 g/mol. The third-order valence-electron chi connectivity index (χ3n) is 9.70. The van der Waals surface area contributed by atoms with Gasteiger partial charge in [0.15, 0.2) is 6.29 Å². The number of carbonyl (C=O) groups excluding carboxylic acids is 3. The van der Waals surface area contributed by atoms with Gasteiger partial charge in [0.25, 0.3) is 0 Å². The smallest absolute Gasteiger partial charge is 0.224 e. The molecule has 296 valence electrons. The van der Waals surface area contributed by atoms with E-state index in [1.807, 2.05) is 84.9 Å². The van der Waals surface area contributed by atoms with Gasteiger partial charge < -0.3 is 36.3 Å². The van der Waals surface area contributed by atoms with Crippen molar-refractivity contribution in [3.05, 3.63) is 144 Å². The summed E-state index contributed by atoms with van der Waals surface area (Å²) in [6, 6.07) is 39.2. The minimum Gasteiger partial charge on any atom is -0.397 e. The molecule has 1 fully saturated rings. The van der Waals surface area contributed by atoms with Crippen molar-refractivity contribution in [1.82, 2.24) is 5.32 Å². The Bertz CT molecular complexity index is 2090. The zero-order chi connectivity index (χ0) is 40.0. The summed E-state index contributed by atoms with van der Waals surface area (Å²) in [7, 11) is 0. The molecular weight excluding hydrogens is 737 g/mol. The zero-order valence-electron chi connectivity index (χ0n) is 32.1. The Morgan fingerprint density at radius 1 is 0.737 bits per heavy atom. The number of amides is 3. The van der Waals surface area contributed by atoms with E-state index in [0.717, 1.165) is 56.1 Å². The predicted octanol–water partition coefficient (Wildman–Crippen LogP) is 8.93. The van der Waals surface area contributed by atoms with Crippen LogP contribution in [0.2, 0.25) is 0 Å². The van der Waals surface area contributed by atoms with Gasteiger partial charge in [-0.2, -0.15) is 0 Å². The molecular formula is C46H50N4O6S. The van der Waals surface area contributed by atoms with Crippen molar-refractivity contribution >= 4 is 46.5 Å². The lowest BCUT2D eigenvalue weighted by Gasteiger charge is -2.36. The van der Waals surface area contributed by atoms with Crippen molar-refractivity contribution in [3.8, 4) is 11.1 Å². The van der Waals surface area contributed by atoms with Gasteiger partial charge in [0, 0.05) is 54.6 Å². The van der Waals surface area contributed by atoms with E-state index in [-0.39, 0.29) is 36.5 Å². The molecule has 11 heteroatoms. The van der Waals surface area contributed by atoms with Crippen LogP contribution in [0.15, 0.2) is 126 Å². The van der Waals surface area contributed by atoms with E-state index >= 15 is 0 Å². The number of unbranched alkanes of at least 4 members (excludes halogenated alkanes) is 2. The number of nitrogen functional groups attached to an aromatic ring is 1. The Hall–Kier alpha value is -5.46. The molecule has 6 N–H and O–H groups in total. The number of carbonyl (C=O) groups is 3. The van der Waals surface area contributed by atoms with E-state index in [1.54, 1.807) is 23.9 Å². The number of para-hydroxylation sites is 2. The van der Waals surface area contributed by atoms with Crippen molar-refractivity contribution in [3.63, 3.8) is 0 Å². The third-order valence-corrected chi connectivity index (χ3v) is 10.8. The summed E-state index contributed by atoms with van der Waals surface area (Å²) in [6.45, 7) is 1.90. The van der Waals surface area contributed by atoms with E-state index < -0.39 is 6.29 Å². The van der Waals surface area contributed by atoms with Crippen LogP contribution in [0.4, 0.5) is 17.1 Å². The number of rotatable bonds is 17. The van der Waals surface area contributed by atoms with Gasteiger partial charge >= 0.3 is 0 Å². The number of hydrogen-bond donors (Lipinski definition) is 5. The van der Waals surface area contributed by atoms with Crippen LogP contribution in [-0.2, 0) is 37.0 Å². The molecule has 57 heavy (non-hydrogen) atoms. The SMILES string of the molecule is CC(=O)Nc1ccc(SC[C@@H]2C[C@H](c3ccc(CO)cc3)O[C@H](c3ccc(-c4cccc(CNC(=O)CCCCCC(=O)Nc5ccccc5N)c4)cc3)O2)cc1. The van der Waals surface area contributed by atoms with Crippen LogP contribution in [0.1, 0.15) is 80.1 Å². The first-order chi connectivity index (χ1) is 27.7. The lowest BCUT2D eigenvalue weighted by atomic mass is 9.99. The van der Waals surface area contributed by atoms with Crippen molar-refractivity contribution in [2.45, 2.75) is 82.0 Å². The maximum absolute atomic E-state index is 12.6. The normalized spacial score (nSPS) is 16.4. The number of aliphatic hydroxyl groups is 1. The number of nitrogens with two attached hydrogens (primary N) is 1. The highest BCUT2D eigenvalue weighted by molar-refractivity contribution is 7.99. The van der Waals surface area contributed by atoms with Crippen LogP contribution in [0, 0.1) is 0 Å². The Morgan fingerprint density at radius 2 is 1.46 bits per heavy atom. The predicted molar refractivity (Wildman–Crippen MR) is 226 cm³/mol. The second kappa shape index (κ2) is 20.6. The van der Waals surface area contributed by atoms with E-state index in [2.05, 4.69) is 40.2 Å². The van der Waals surface area contributed by atoms with E-state index in [0.29, 0.717) is 50.0 Å². The maximum Gasteiger partial charge on any atom is 0.224 e. The molecule has 0 unspecified atom stereocenters. The average Bonchev–Trinajstić information content (AvgIpc) is 3.23. The average molecular weight is 787 g/mol. The van der Waals surface area contributed by atoms with E-state index in [1.165, 1.54) is 6.92 Å². The largest absolute Gasteiger partial charge is 0.397 e. The molecule has 0 aliphatic carbocycles. The summed E-state index contributed by atoms with van der Waals surface area (Å²) < 4.78 is 13.1. The highest BCUT2D eigenvalue weighted by Gasteiger charge is 2.32. The fourth-order valence-corrected chi connectivity index (χ4v) is 7.53. The second-order valence-corrected chi connectivity index (χ2v) is 15.3. The highest BCUT2D eigenvalue weighted by Crippen LogP contribution is 2.40. The summed E-state index contributed by atoms with van der Waals surface area (Å²) in [5.41, 5.74) is 13.7. The fourth-order valence-electron chi connectivity index (χ4n) is 6.60. The van der Waals surface area contributed by atoms with Crippen LogP contribution < -0.4 is 21.7 Å². The molecule has 10 nitrogen and oxygen atoms in total. The van der Waals surface area contributed by atoms with Crippen LogP contribution in [0.25, 0.3) is 11.1 Å². The number of ether oxygens (including phenoxy) is 2. The molecule has 5 aromatic carbocycles. The second-order valence-electron chi connectivity index (χ2n) is 14.2. The molecule has 1 heterocycles. The van der Waals surface area contributed by atoms with Gasteiger partial charge in [-0.15, -0.1) is 11.8 Å². The molecule has 0 bridgehead atoms. The summed E-state index contributed by atoms with van der Waals surface area (Å²) in [5, 5.41) is 18.2. The Morgan fingerprint density at radius 3 is 2.18 bits per heavy atom. The summed E-state index contributed by atoms with van der Waals surface area (Å²) in [6.07, 6.45) is 2.79. The molecule has 1 saturated heterocycles. The summed E-state index contributed by atoms with van der Waals surface area (Å²) in [5.74, 6) is 0.517. The summed E-state index contributed by atoms with van der Waals surface area (Å²) >= 11 is 1.70. The Balaban J connectivity index is 1.01. The van der Waals surface area contributed by atoms with Gasteiger partial charge in [-0.25, -0.2) is 0 Å². The molecule has 0 radical (unpaired) electrons. The van der Waals surface area contributed by atoms with Gasteiger partial charge in [-0.05, 0) is 83.1 Å². The Kier molecular flexibility index (Phi) is 14.9. The molecule has 3 amide bonds. The van der Waals surface area contributed by atoms with Gasteiger partial charge in [-0.1, -0.05) is 85.3 Å². The fraction of sp³-hybridized carbons (Fsp3) is 0.283. The quantitative estimate of drug-likeness (QED) is 0.0356. The Labute approximate surface area is 338 Å². The van der Waals surface area contributed by atoms with Crippen LogP contribution >= 0.6 is 11.8 Å². The molecule has 6 rings (SSSR count). The number of anilines is 3. The van der Waals surface area contributed by atoms with Crippen LogP contribution in [-0.4, -0.2) is 34.7 Å². The standard InChI is InChI=1S/C46H50N4O6S/c1-31(52)49-38-22-24-40(25-23-38)57-30-39-27-43(35-16-14-32(29-51)15-17-35)56-46(55-39)36-20-18-34(19-21-36)37-9-7-8-33(26-37)28-48-44(53)12-3-2-4-13-45(54)50-42-11-6-5-10-41(42)47/h5-11,14-26,39,43,46,51H,2-4,12-13,27-30,47H2,1H3,(H,48,53)(H,49,52)(H,50,54)/t39-,43+,46+/m0/s1. The minimum atomic E-state index is -0.574. The number of benzene rings is 5. The van der Waals surface area contributed by atoms with Crippen LogP contribution in [0.5, 0.6) is 0 Å². The summed E-state index contributed by atoms with van der Waals surface area (Å²) in [4.78, 5) is 37.4. The first-order valence-corrected chi connectivity index (χ1v) is 20.3.